The zero-order chi connectivity index (χ0) is 10.8. The van der Waals surface area contributed by atoms with Crippen LogP contribution in [0, 0.1) is 6.92 Å². The van der Waals surface area contributed by atoms with E-state index in [1.54, 1.807) is 6.92 Å². The predicted molar refractivity (Wildman–Crippen MR) is 59.7 cm³/mol. The summed E-state index contributed by atoms with van der Waals surface area (Å²) in [7, 11) is -3.04. The summed E-state index contributed by atoms with van der Waals surface area (Å²) in [6.07, 6.45) is 1.20. The molecule has 0 N–H and O–H groups in total. The largest absolute Gasteiger partial charge is 0.225 e. The molecule has 1 aromatic carbocycles. The maximum Gasteiger partial charge on any atom is 0.169 e. The lowest BCUT2D eigenvalue weighted by molar-refractivity contribution is 0.610. The van der Waals surface area contributed by atoms with Crippen LogP contribution in [0.5, 0.6) is 0 Å². The van der Waals surface area contributed by atoms with Crippen molar-refractivity contribution in [3.63, 3.8) is 0 Å². The molecular weight excluding hydrogens is 196 g/mol. The fourth-order valence-electron chi connectivity index (χ4n) is 1.21. The van der Waals surface area contributed by atoms with E-state index >= 15 is 0 Å². The van der Waals surface area contributed by atoms with Crippen LogP contribution in [-0.4, -0.2) is 14.7 Å². The Bertz CT molecular complexity index is 439. The normalized spacial score (nSPS) is 12.9. The molecule has 1 rings (SSSR count). The fraction of sp³-hybridized carbons (Fsp3) is 0.273. The van der Waals surface area contributed by atoms with Gasteiger partial charge in [-0.2, -0.15) is 0 Å². The van der Waals surface area contributed by atoms with Crippen molar-refractivity contribution in [2.75, 3.05) is 6.26 Å². The average molecular weight is 210 g/mol. The Kier molecular flexibility index (Phi) is 3.11. The van der Waals surface area contributed by atoms with Crippen LogP contribution in [0.25, 0.3) is 5.57 Å². The highest BCUT2D eigenvalue weighted by atomic mass is 32.2. The van der Waals surface area contributed by atoms with Crippen LogP contribution in [0.2, 0.25) is 0 Å². The Balaban J connectivity index is 3.07. The molecule has 0 saturated heterocycles. The summed E-state index contributed by atoms with van der Waals surface area (Å²) in [5, 5.41) is 1.29. The molecular formula is C11H14O2S. The summed E-state index contributed by atoms with van der Waals surface area (Å²) in [4.78, 5) is 0. The lowest BCUT2D eigenvalue weighted by Gasteiger charge is -2.01. The van der Waals surface area contributed by atoms with E-state index in [1.165, 1.54) is 17.2 Å². The maximum atomic E-state index is 11.0. The summed E-state index contributed by atoms with van der Waals surface area (Å²) < 4.78 is 22.0. The zero-order valence-electron chi connectivity index (χ0n) is 8.61. The molecule has 0 heterocycles. The Hall–Kier alpha value is -1.09. The third kappa shape index (κ3) is 3.34. The Labute approximate surface area is 85.2 Å². The smallest absolute Gasteiger partial charge is 0.169 e. The van der Waals surface area contributed by atoms with E-state index in [0.29, 0.717) is 0 Å². The van der Waals surface area contributed by atoms with Gasteiger partial charge in [0.2, 0.25) is 0 Å². The SMILES string of the molecule is C/C(=C\S(C)(=O)=O)c1ccc(C)cc1. The number of hydrogen-bond donors (Lipinski definition) is 0. The third-order valence-electron chi connectivity index (χ3n) is 1.90. The van der Waals surface area contributed by atoms with E-state index in [2.05, 4.69) is 0 Å². The van der Waals surface area contributed by atoms with Crippen LogP contribution in [0.3, 0.4) is 0 Å². The molecule has 0 aromatic heterocycles. The molecule has 14 heavy (non-hydrogen) atoms. The molecule has 0 spiro atoms. The van der Waals surface area contributed by atoms with E-state index in [-0.39, 0.29) is 0 Å². The number of benzene rings is 1. The van der Waals surface area contributed by atoms with Gasteiger partial charge in [-0.25, -0.2) is 8.42 Å². The highest BCUT2D eigenvalue weighted by molar-refractivity contribution is 7.93. The first-order chi connectivity index (χ1) is 6.38. The molecule has 0 amide bonds. The predicted octanol–water partition coefficient (Wildman–Crippen LogP) is 2.40. The van der Waals surface area contributed by atoms with Gasteiger partial charge in [-0.15, -0.1) is 0 Å². The van der Waals surface area contributed by atoms with Gasteiger partial charge in [0.05, 0.1) is 0 Å². The molecule has 3 heteroatoms. The number of sulfone groups is 1. The first kappa shape index (κ1) is 11.0. The van der Waals surface area contributed by atoms with Crippen LogP contribution in [-0.2, 0) is 9.84 Å². The van der Waals surface area contributed by atoms with Crippen molar-refractivity contribution in [3.05, 3.63) is 40.8 Å². The second-order valence-corrected chi connectivity index (χ2v) is 5.39. The second kappa shape index (κ2) is 3.96. The molecule has 1 aromatic rings. The standard InChI is InChI=1S/C11H14O2S/c1-9-4-6-11(7-5-9)10(2)8-14(3,12)13/h4-8H,1-3H3/b10-8+. The van der Waals surface area contributed by atoms with E-state index in [4.69, 9.17) is 0 Å². The number of rotatable bonds is 2. The first-order valence-corrected chi connectivity index (χ1v) is 6.29. The number of allylic oxidation sites excluding steroid dienone is 1. The molecule has 76 valence electrons. The van der Waals surface area contributed by atoms with E-state index in [0.717, 1.165) is 11.1 Å². The molecule has 0 bridgehead atoms. The number of aryl methyl sites for hydroxylation is 1. The molecule has 0 aliphatic rings. The minimum absolute atomic E-state index is 0.771. The molecule has 0 radical (unpaired) electrons. The van der Waals surface area contributed by atoms with Crippen molar-refractivity contribution in [3.8, 4) is 0 Å². The van der Waals surface area contributed by atoms with Crippen LogP contribution in [0.4, 0.5) is 0 Å². The Morgan fingerprint density at radius 2 is 1.71 bits per heavy atom. The van der Waals surface area contributed by atoms with Crippen molar-refractivity contribution >= 4 is 15.4 Å². The molecule has 0 aliphatic heterocycles. The fourth-order valence-corrected chi connectivity index (χ4v) is 1.98. The van der Waals surface area contributed by atoms with Crippen LogP contribution < -0.4 is 0 Å². The Morgan fingerprint density at radius 3 is 2.14 bits per heavy atom. The second-order valence-electron chi connectivity index (χ2n) is 3.50. The molecule has 0 unspecified atom stereocenters. The van der Waals surface area contributed by atoms with Gasteiger partial charge in [-0.1, -0.05) is 29.8 Å². The summed E-state index contributed by atoms with van der Waals surface area (Å²) in [5.41, 5.74) is 2.88. The Morgan fingerprint density at radius 1 is 1.21 bits per heavy atom. The van der Waals surface area contributed by atoms with Crippen LogP contribution >= 0.6 is 0 Å². The molecule has 0 saturated carbocycles. The summed E-state index contributed by atoms with van der Waals surface area (Å²) in [5.74, 6) is 0. The van der Waals surface area contributed by atoms with Gasteiger partial charge in [-0.3, -0.25) is 0 Å². The minimum atomic E-state index is -3.04. The highest BCUT2D eigenvalue weighted by Crippen LogP contribution is 2.15. The summed E-state index contributed by atoms with van der Waals surface area (Å²) in [6, 6.07) is 7.78. The topological polar surface area (TPSA) is 34.1 Å². The monoisotopic (exact) mass is 210 g/mol. The summed E-state index contributed by atoms with van der Waals surface area (Å²) in [6.45, 7) is 3.80. The summed E-state index contributed by atoms with van der Waals surface area (Å²) >= 11 is 0. The van der Waals surface area contributed by atoms with Gasteiger partial charge in [-0.05, 0) is 25.0 Å². The van der Waals surface area contributed by atoms with Crippen LogP contribution in [0.1, 0.15) is 18.1 Å². The zero-order valence-corrected chi connectivity index (χ0v) is 9.43. The first-order valence-electron chi connectivity index (χ1n) is 4.34. The van der Waals surface area contributed by atoms with E-state index < -0.39 is 9.84 Å². The number of hydrogen-bond acceptors (Lipinski definition) is 2. The maximum absolute atomic E-state index is 11.0. The lowest BCUT2D eigenvalue weighted by Crippen LogP contribution is -1.91. The van der Waals surface area contributed by atoms with E-state index in [9.17, 15) is 8.42 Å². The van der Waals surface area contributed by atoms with Gasteiger partial charge in [0.25, 0.3) is 0 Å². The van der Waals surface area contributed by atoms with Gasteiger partial charge < -0.3 is 0 Å². The van der Waals surface area contributed by atoms with Gasteiger partial charge in [0, 0.05) is 11.7 Å². The average Bonchev–Trinajstić information content (AvgIpc) is 2.02. The van der Waals surface area contributed by atoms with Crippen molar-refractivity contribution in [1.29, 1.82) is 0 Å². The molecule has 0 atom stereocenters. The van der Waals surface area contributed by atoms with E-state index in [1.807, 2.05) is 31.2 Å². The van der Waals surface area contributed by atoms with Crippen molar-refractivity contribution < 1.29 is 8.42 Å². The van der Waals surface area contributed by atoms with Crippen molar-refractivity contribution in [1.82, 2.24) is 0 Å². The highest BCUT2D eigenvalue weighted by Gasteiger charge is 2.00. The van der Waals surface area contributed by atoms with Crippen LogP contribution in [0.15, 0.2) is 29.7 Å². The van der Waals surface area contributed by atoms with Crippen molar-refractivity contribution in [2.45, 2.75) is 13.8 Å². The molecule has 0 fully saturated rings. The quantitative estimate of drug-likeness (QED) is 0.751. The van der Waals surface area contributed by atoms with Gasteiger partial charge in [0.1, 0.15) is 0 Å². The van der Waals surface area contributed by atoms with Gasteiger partial charge in [0.15, 0.2) is 9.84 Å². The van der Waals surface area contributed by atoms with Gasteiger partial charge >= 0.3 is 0 Å². The molecule has 2 nitrogen and oxygen atoms in total. The lowest BCUT2D eigenvalue weighted by atomic mass is 10.1. The third-order valence-corrected chi connectivity index (χ3v) is 2.68. The molecule has 0 aliphatic carbocycles. The van der Waals surface area contributed by atoms with Crippen molar-refractivity contribution in [2.24, 2.45) is 0 Å². The minimum Gasteiger partial charge on any atom is -0.225 e.